The summed E-state index contributed by atoms with van der Waals surface area (Å²) in [5.74, 6) is 0.519. The van der Waals surface area contributed by atoms with Crippen molar-refractivity contribution < 1.29 is 24.1 Å². The van der Waals surface area contributed by atoms with Crippen LogP contribution in [0.3, 0.4) is 0 Å². The summed E-state index contributed by atoms with van der Waals surface area (Å²) in [7, 11) is 0. The van der Waals surface area contributed by atoms with Crippen molar-refractivity contribution in [3.8, 4) is 0 Å². The van der Waals surface area contributed by atoms with Crippen LogP contribution < -0.4 is 5.32 Å². The van der Waals surface area contributed by atoms with Crippen molar-refractivity contribution in [2.75, 3.05) is 26.3 Å². The number of aliphatic hydroxyl groups excluding tert-OH is 1. The maximum atomic E-state index is 12.9. The molecule has 2 unspecified atom stereocenters. The molecule has 35 heavy (non-hydrogen) atoms. The van der Waals surface area contributed by atoms with Crippen LogP contribution >= 0.6 is 0 Å². The number of hydrogen-bond donors (Lipinski definition) is 2. The SMILES string of the molecule is CC(C)CN(Cc1ccccc1)C[C@@H](O)[C@H](Cc1ccccc1)NC(=O)OC1CO[C@H]2OCCC12. The zero-order valence-electron chi connectivity index (χ0n) is 20.7. The quantitative estimate of drug-likeness (QED) is 0.509. The number of aliphatic hydroxyl groups is 1. The third-order valence-corrected chi connectivity index (χ3v) is 6.63. The first-order valence-corrected chi connectivity index (χ1v) is 12.7. The highest BCUT2D eigenvalue weighted by atomic mass is 16.7. The molecular weight excluding hydrogens is 444 g/mol. The van der Waals surface area contributed by atoms with Crippen LogP contribution in [-0.4, -0.2) is 66.9 Å². The monoisotopic (exact) mass is 482 g/mol. The molecule has 2 aliphatic heterocycles. The van der Waals surface area contributed by atoms with E-state index in [-0.39, 0.29) is 18.3 Å². The van der Waals surface area contributed by atoms with Crippen molar-refractivity contribution in [1.82, 2.24) is 10.2 Å². The van der Waals surface area contributed by atoms with Crippen molar-refractivity contribution in [2.45, 2.75) is 57.8 Å². The minimum atomic E-state index is -0.771. The summed E-state index contributed by atoms with van der Waals surface area (Å²) in [5, 5.41) is 14.3. The lowest BCUT2D eigenvalue weighted by molar-refractivity contribution is -0.0907. The highest BCUT2D eigenvalue weighted by molar-refractivity contribution is 5.68. The summed E-state index contributed by atoms with van der Waals surface area (Å²) < 4.78 is 16.9. The Labute approximate surface area is 208 Å². The number of hydrogen-bond acceptors (Lipinski definition) is 6. The lowest BCUT2D eigenvalue weighted by Crippen LogP contribution is -2.50. The predicted octanol–water partition coefficient (Wildman–Crippen LogP) is 3.60. The van der Waals surface area contributed by atoms with Gasteiger partial charge in [0.15, 0.2) is 6.29 Å². The number of fused-ring (bicyclic) bond motifs is 1. The summed E-state index contributed by atoms with van der Waals surface area (Å²) in [6.45, 7) is 7.33. The number of carbonyl (C=O) groups excluding carboxylic acids is 1. The summed E-state index contributed by atoms with van der Waals surface area (Å²) in [5.41, 5.74) is 2.24. The molecule has 2 fully saturated rings. The Kier molecular flexibility index (Phi) is 9.15. The Hall–Kier alpha value is -2.45. The van der Waals surface area contributed by atoms with Gasteiger partial charge in [0.05, 0.1) is 31.3 Å². The van der Waals surface area contributed by atoms with Gasteiger partial charge in [0.2, 0.25) is 0 Å². The Bertz CT molecular complexity index is 910. The van der Waals surface area contributed by atoms with E-state index >= 15 is 0 Å². The van der Waals surface area contributed by atoms with Gasteiger partial charge in [0.1, 0.15) is 6.10 Å². The molecule has 2 aromatic rings. The van der Waals surface area contributed by atoms with Gasteiger partial charge in [-0.05, 0) is 29.9 Å². The van der Waals surface area contributed by atoms with Crippen molar-refractivity contribution >= 4 is 6.09 Å². The molecule has 0 bridgehead atoms. The van der Waals surface area contributed by atoms with Crippen LogP contribution in [0.2, 0.25) is 0 Å². The van der Waals surface area contributed by atoms with Gasteiger partial charge < -0.3 is 24.6 Å². The summed E-state index contributed by atoms with van der Waals surface area (Å²) >= 11 is 0. The van der Waals surface area contributed by atoms with Gasteiger partial charge in [0, 0.05) is 19.6 Å². The first-order chi connectivity index (χ1) is 17.0. The molecule has 0 aromatic heterocycles. The Morgan fingerprint density at radius 3 is 2.43 bits per heavy atom. The Morgan fingerprint density at radius 2 is 1.74 bits per heavy atom. The highest BCUT2D eigenvalue weighted by Crippen LogP contribution is 2.33. The molecule has 7 nitrogen and oxygen atoms in total. The van der Waals surface area contributed by atoms with Crippen molar-refractivity contribution in [3.05, 3.63) is 71.8 Å². The summed E-state index contributed by atoms with van der Waals surface area (Å²) in [6.07, 6.45) is -0.567. The molecule has 0 radical (unpaired) electrons. The molecule has 2 aliphatic rings. The molecule has 5 atom stereocenters. The van der Waals surface area contributed by atoms with Crippen molar-refractivity contribution in [2.24, 2.45) is 11.8 Å². The normalized spacial score (nSPS) is 23.3. The molecular formula is C28H38N2O5. The lowest BCUT2D eigenvalue weighted by atomic mass is 10.00. The number of nitrogens with one attached hydrogen (secondary N) is 1. The van der Waals surface area contributed by atoms with Crippen LogP contribution in [0.25, 0.3) is 0 Å². The van der Waals surface area contributed by atoms with E-state index in [0.29, 0.717) is 32.1 Å². The van der Waals surface area contributed by atoms with Crippen molar-refractivity contribution in [3.63, 3.8) is 0 Å². The smallest absolute Gasteiger partial charge is 0.407 e. The first-order valence-electron chi connectivity index (χ1n) is 12.7. The number of ether oxygens (including phenoxy) is 3. The van der Waals surface area contributed by atoms with Crippen LogP contribution in [0.1, 0.15) is 31.4 Å². The predicted molar refractivity (Wildman–Crippen MR) is 134 cm³/mol. The number of rotatable bonds is 11. The number of alkyl carbamates (subject to hydrolysis) is 1. The molecule has 2 heterocycles. The van der Waals surface area contributed by atoms with Crippen LogP contribution in [0.15, 0.2) is 60.7 Å². The van der Waals surface area contributed by atoms with E-state index in [1.807, 2.05) is 48.5 Å². The molecule has 0 spiro atoms. The number of carbonyl (C=O) groups is 1. The minimum absolute atomic E-state index is 0.0747. The maximum Gasteiger partial charge on any atom is 0.407 e. The third-order valence-electron chi connectivity index (χ3n) is 6.63. The zero-order chi connectivity index (χ0) is 24.6. The average Bonchev–Trinajstić information content (AvgIpc) is 3.45. The van der Waals surface area contributed by atoms with E-state index < -0.39 is 18.2 Å². The third kappa shape index (κ3) is 7.51. The highest BCUT2D eigenvalue weighted by Gasteiger charge is 2.44. The van der Waals surface area contributed by atoms with Gasteiger partial charge in [-0.25, -0.2) is 4.79 Å². The van der Waals surface area contributed by atoms with Gasteiger partial charge in [-0.1, -0.05) is 74.5 Å². The van der Waals surface area contributed by atoms with E-state index in [4.69, 9.17) is 14.2 Å². The molecule has 1 amide bonds. The number of benzene rings is 2. The van der Waals surface area contributed by atoms with E-state index in [2.05, 4.69) is 36.2 Å². The van der Waals surface area contributed by atoms with E-state index in [1.54, 1.807) is 0 Å². The first kappa shape index (κ1) is 25.6. The van der Waals surface area contributed by atoms with Crippen LogP contribution in [0.5, 0.6) is 0 Å². The van der Waals surface area contributed by atoms with Gasteiger partial charge in [0.25, 0.3) is 0 Å². The summed E-state index contributed by atoms with van der Waals surface area (Å²) in [6, 6.07) is 19.7. The molecule has 2 aromatic carbocycles. The zero-order valence-corrected chi connectivity index (χ0v) is 20.7. The molecule has 0 saturated carbocycles. The standard InChI is InChI=1S/C28H38N2O5/c1-20(2)16-30(17-22-11-7-4-8-12-22)18-25(31)24(15-21-9-5-3-6-10-21)29-28(32)35-26-19-34-27-23(26)13-14-33-27/h3-12,20,23-27,31H,13-19H2,1-2H3,(H,29,32)/t23?,24-,25+,26?,27+/m0/s1. The minimum Gasteiger partial charge on any atom is -0.443 e. The second-order valence-corrected chi connectivity index (χ2v) is 10.1. The Morgan fingerprint density at radius 1 is 1.06 bits per heavy atom. The van der Waals surface area contributed by atoms with Gasteiger partial charge >= 0.3 is 6.09 Å². The Balaban J connectivity index is 1.42. The largest absolute Gasteiger partial charge is 0.443 e. The average molecular weight is 483 g/mol. The molecule has 7 heteroatoms. The van der Waals surface area contributed by atoms with E-state index in [9.17, 15) is 9.90 Å². The molecule has 0 aliphatic carbocycles. The molecule has 2 saturated heterocycles. The van der Waals surface area contributed by atoms with E-state index in [0.717, 1.165) is 25.1 Å². The van der Waals surface area contributed by atoms with Crippen LogP contribution in [0.4, 0.5) is 4.79 Å². The number of amides is 1. The molecule has 4 rings (SSSR count). The fraction of sp³-hybridized carbons (Fsp3) is 0.536. The lowest BCUT2D eigenvalue weighted by Gasteiger charge is -2.31. The fourth-order valence-corrected chi connectivity index (χ4v) is 4.98. The number of nitrogens with zero attached hydrogens (tertiary/aromatic N) is 1. The van der Waals surface area contributed by atoms with Crippen LogP contribution in [-0.2, 0) is 27.2 Å². The summed E-state index contributed by atoms with van der Waals surface area (Å²) in [4.78, 5) is 15.1. The van der Waals surface area contributed by atoms with Gasteiger partial charge in [-0.2, -0.15) is 0 Å². The van der Waals surface area contributed by atoms with E-state index in [1.165, 1.54) is 5.56 Å². The maximum absolute atomic E-state index is 12.9. The van der Waals surface area contributed by atoms with Gasteiger partial charge in [-0.15, -0.1) is 0 Å². The topological polar surface area (TPSA) is 80.3 Å². The molecule has 190 valence electrons. The van der Waals surface area contributed by atoms with Gasteiger partial charge in [-0.3, -0.25) is 4.90 Å². The van der Waals surface area contributed by atoms with Crippen molar-refractivity contribution in [1.29, 1.82) is 0 Å². The fourth-order valence-electron chi connectivity index (χ4n) is 4.98. The second kappa shape index (κ2) is 12.5. The van der Waals surface area contributed by atoms with Crippen LogP contribution in [0, 0.1) is 11.8 Å². The molecule has 2 N–H and O–H groups in total. The second-order valence-electron chi connectivity index (χ2n) is 10.1.